The fraction of sp³-hybridized carbons (Fsp3) is 0.316. The third-order valence-electron chi connectivity index (χ3n) is 4.10. The normalized spacial score (nSPS) is 16.1. The Labute approximate surface area is 141 Å². The summed E-state index contributed by atoms with van der Waals surface area (Å²) in [6.45, 7) is 4.53. The van der Waals surface area contributed by atoms with E-state index in [0.29, 0.717) is 6.42 Å². The SMILES string of the molecule is O=C(Cc1cccs1)N1CCN(CC=Cc2ccccc2)CC1. The predicted octanol–water partition coefficient (Wildman–Crippen LogP) is 3.15. The van der Waals surface area contributed by atoms with Crippen LogP contribution in [0.4, 0.5) is 0 Å². The molecular weight excluding hydrogens is 304 g/mol. The van der Waals surface area contributed by atoms with Gasteiger partial charge >= 0.3 is 0 Å². The molecular formula is C19H22N2OS. The van der Waals surface area contributed by atoms with E-state index in [1.165, 1.54) is 5.56 Å². The van der Waals surface area contributed by atoms with Crippen LogP contribution in [0.15, 0.2) is 53.9 Å². The Morgan fingerprint density at radius 2 is 1.83 bits per heavy atom. The summed E-state index contributed by atoms with van der Waals surface area (Å²) < 4.78 is 0. The van der Waals surface area contributed by atoms with Crippen molar-refractivity contribution >= 4 is 23.3 Å². The van der Waals surface area contributed by atoms with Gasteiger partial charge in [0.15, 0.2) is 0 Å². The second kappa shape index (κ2) is 8.09. The molecule has 0 unspecified atom stereocenters. The van der Waals surface area contributed by atoms with Crippen LogP contribution >= 0.6 is 11.3 Å². The first-order chi connectivity index (χ1) is 11.3. The topological polar surface area (TPSA) is 23.6 Å². The number of piperazine rings is 1. The molecule has 3 nitrogen and oxygen atoms in total. The highest BCUT2D eigenvalue weighted by Gasteiger charge is 2.20. The first-order valence-corrected chi connectivity index (χ1v) is 8.93. The van der Waals surface area contributed by atoms with Crippen molar-refractivity contribution in [2.24, 2.45) is 0 Å². The molecule has 1 aliphatic rings. The quantitative estimate of drug-likeness (QED) is 0.843. The van der Waals surface area contributed by atoms with Crippen molar-refractivity contribution in [3.8, 4) is 0 Å². The van der Waals surface area contributed by atoms with E-state index in [2.05, 4.69) is 41.3 Å². The van der Waals surface area contributed by atoms with E-state index < -0.39 is 0 Å². The summed E-state index contributed by atoms with van der Waals surface area (Å²) in [7, 11) is 0. The summed E-state index contributed by atoms with van der Waals surface area (Å²) in [5.41, 5.74) is 1.23. The molecule has 0 saturated carbocycles. The lowest BCUT2D eigenvalue weighted by Crippen LogP contribution is -2.49. The van der Waals surface area contributed by atoms with Crippen molar-refractivity contribution in [3.05, 3.63) is 64.4 Å². The minimum absolute atomic E-state index is 0.256. The molecule has 0 radical (unpaired) electrons. The minimum atomic E-state index is 0.256. The highest BCUT2D eigenvalue weighted by molar-refractivity contribution is 7.10. The van der Waals surface area contributed by atoms with E-state index in [-0.39, 0.29) is 5.91 Å². The van der Waals surface area contributed by atoms with Crippen molar-refractivity contribution in [2.45, 2.75) is 6.42 Å². The Bertz CT molecular complexity index is 629. The van der Waals surface area contributed by atoms with Crippen LogP contribution in [0.25, 0.3) is 6.08 Å². The first-order valence-electron chi connectivity index (χ1n) is 8.05. The molecule has 3 rings (SSSR count). The molecule has 0 spiro atoms. The van der Waals surface area contributed by atoms with Crippen molar-refractivity contribution in [2.75, 3.05) is 32.7 Å². The first kappa shape index (κ1) is 16.0. The average molecular weight is 326 g/mol. The summed E-state index contributed by atoms with van der Waals surface area (Å²) in [6, 6.07) is 14.4. The zero-order chi connectivity index (χ0) is 15.9. The van der Waals surface area contributed by atoms with Gasteiger partial charge in [-0.1, -0.05) is 48.6 Å². The van der Waals surface area contributed by atoms with E-state index >= 15 is 0 Å². The molecule has 1 aromatic heterocycles. The van der Waals surface area contributed by atoms with E-state index in [1.807, 2.05) is 28.5 Å². The monoisotopic (exact) mass is 326 g/mol. The molecule has 4 heteroatoms. The van der Waals surface area contributed by atoms with Crippen molar-refractivity contribution < 1.29 is 4.79 Å². The van der Waals surface area contributed by atoms with Gasteiger partial charge in [0.25, 0.3) is 0 Å². The lowest BCUT2D eigenvalue weighted by Gasteiger charge is -2.34. The maximum atomic E-state index is 12.3. The van der Waals surface area contributed by atoms with Crippen LogP contribution in [0.3, 0.4) is 0 Å². The van der Waals surface area contributed by atoms with Gasteiger partial charge in [-0.15, -0.1) is 11.3 Å². The third kappa shape index (κ3) is 4.78. The number of carbonyl (C=O) groups excluding carboxylic acids is 1. The van der Waals surface area contributed by atoms with Gasteiger partial charge in [-0.05, 0) is 17.0 Å². The van der Waals surface area contributed by atoms with Crippen molar-refractivity contribution in [1.82, 2.24) is 9.80 Å². The number of nitrogens with zero attached hydrogens (tertiary/aromatic N) is 2. The largest absolute Gasteiger partial charge is 0.340 e. The van der Waals surface area contributed by atoms with Gasteiger partial charge in [0.05, 0.1) is 6.42 Å². The van der Waals surface area contributed by atoms with Gasteiger partial charge in [-0.2, -0.15) is 0 Å². The van der Waals surface area contributed by atoms with Gasteiger partial charge < -0.3 is 4.90 Å². The molecule has 1 aromatic carbocycles. The number of rotatable bonds is 5. The van der Waals surface area contributed by atoms with E-state index in [4.69, 9.17) is 0 Å². The van der Waals surface area contributed by atoms with Crippen LogP contribution in [-0.2, 0) is 11.2 Å². The van der Waals surface area contributed by atoms with Crippen molar-refractivity contribution in [1.29, 1.82) is 0 Å². The van der Waals surface area contributed by atoms with Gasteiger partial charge in [-0.3, -0.25) is 9.69 Å². The molecule has 1 saturated heterocycles. The summed E-state index contributed by atoms with van der Waals surface area (Å²) in [5, 5.41) is 2.03. The molecule has 2 aromatic rings. The number of carbonyl (C=O) groups is 1. The van der Waals surface area contributed by atoms with Gasteiger partial charge in [0.2, 0.25) is 5.91 Å². The Kier molecular flexibility index (Phi) is 5.61. The van der Waals surface area contributed by atoms with Gasteiger partial charge in [-0.25, -0.2) is 0 Å². The molecule has 2 heterocycles. The lowest BCUT2D eigenvalue weighted by atomic mass is 10.2. The second-order valence-electron chi connectivity index (χ2n) is 5.75. The molecule has 0 aliphatic carbocycles. The Balaban J connectivity index is 1.41. The van der Waals surface area contributed by atoms with Crippen LogP contribution in [-0.4, -0.2) is 48.4 Å². The van der Waals surface area contributed by atoms with Gasteiger partial charge in [0.1, 0.15) is 0 Å². The summed E-state index contributed by atoms with van der Waals surface area (Å²) >= 11 is 1.66. The number of hydrogen-bond donors (Lipinski definition) is 0. The third-order valence-corrected chi connectivity index (χ3v) is 4.98. The minimum Gasteiger partial charge on any atom is -0.340 e. The Morgan fingerprint density at radius 3 is 2.52 bits per heavy atom. The standard InChI is InChI=1S/C19H22N2OS/c22-19(16-18-9-5-15-23-18)21-13-11-20(12-14-21)10-4-8-17-6-2-1-3-7-17/h1-9,15H,10-14,16H2. The fourth-order valence-corrected chi connectivity index (χ4v) is 3.45. The average Bonchev–Trinajstić information content (AvgIpc) is 3.09. The fourth-order valence-electron chi connectivity index (χ4n) is 2.76. The van der Waals surface area contributed by atoms with Crippen LogP contribution in [0.5, 0.6) is 0 Å². The molecule has 1 fully saturated rings. The van der Waals surface area contributed by atoms with E-state index in [1.54, 1.807) is 11.3 Å². The summed E-state index contributed by atoms with van der Waals surface area (Å²) in [5.74, 6) is 0.256. The summed E-state index contributed by atoms with van der Waals surface area (Å²) in [4.78, 5) is 17.8. The number of hydrogen-bond acceptors (Lipinski definition) is 3. The zero-order valence-corrected chi connectivity index (χ0v) is 14.0. The van der Waals surface area contributed by atoms with Crippen LogP contribution in [0.1, 0.15) is 10.4 Å². The second-order valence-corrected chi connectivity index (χ2v) is 6.78. The van der Waals surface area contributed by atoms with Crippen LogP contribution in [0, 0.1) is 0 Å². The Hall–Kier alpha value is -1.91. The smallest absolute Gasteiger partial charge is 0.227 e. The maximum absolute atomic E-state index is 12.3. The molecule has 1 amide bonds. The maximum Gasteiger partial charge on any atom is 0.227 e. The van der Waals surface area contributed by atoms with Crippen LogP contribution in [0.2, 0.25) is 0 Å². The van der Waals surface area contributed by atoms with Crippen molar-refractivity contribution in [3.63, 3.8) is 0 Å². The lowest BCUT2D eigenvalue weighted by molar-refractivity contribution is -0.132. The summed E-state index contributed by atoms with van der Waals surface area (Å²) in [6.07, 6.45) is 4.92. The number of amides is 1. The molecule has 120 valence electrons. The Morgan fingerprint density at radius 1 is 1.04 bits per heavy atom. The molecule has 0 N–H and O–H groups in total. The predicted molar refractivity (Wildman–Crippen MR) is 96.5 cm³/mol. The highest BCUT2D eigenvalue weighted by Crippen LogP contribution is 2.12. The molecule has 0 bridgehead atoms. The molecule has 23 heavy (non-hydrogen) atoms. The van der Waals surface area contributed by atoms with Gasteiger partial charge in [0, 0.05) is 37.6 Å². The molecule has 1 aliphatic heterocycles. The number of thiophene rings is 1. The zero-order valence-electron chi connectivity index (χ0n) is 13.2. The van der Waals surface area contributed by atoms with E-state index in [0.717, 1.165) is 37.6 Å². The van der Waals surface area contributed by atoms with E-state index in [9.17, 15) is 4.79 Å². The van der Waals surface area contributed by atoms with Crippen LogP contribution < -0.4 is 0 Å². The number of benzene rings is 1. The highest BCUT2D eigenvalue weighted by atomic mass is 32.1. The molecule has 0 atom stereocenters.